The minimum atomic E-state index is -4.70. The maximum Gasteiger partial charge on any atom is 0.572 e. The van der Waals surface area contributed by atoms with E-state index in [9.17, 15) is 23.1 Å². The Morgan fingerprint density at radius 3 is 2.50 bits per heavy atom. The third-order valence-electron chi connectivity index (χ3n) is 6.42. The second-order valence-corrected chi connectivity index (χ2v) is 9.00. The molecule has 34 heavy (non-hydrogen) atoms. The molecule has 0 amide bonds. The van der Waals surface area contributed by atoms with Gasteiger partial charge >= 0.3 is 12.3 Å². The van der Waals surface area contributed by atoms with Crippen LogP contribution in [-0.2, 0) is 9.53 Å². The summed E-state index contributed by atoms with van der Waals surface area (Å²) in [6.45, 7) is 4.12. The minimum absolute atomic E-state index is 0.0137. The highest BCUT2D eigenvalue weighted by Gasteiger charge is 2.42. The fraction of sp³-hybridized carbons (Fsp3) is 0.440. The third-order valence-corrected chi connectivity index (χ3v) is 6.42. The van der Waals surface area contributed by atoms with Crippen LogP contribution in [0.2, 0.25) is 0 Å². The molecule has 4 rings (SSSR count). The predicted molar refractivity (Wildman–Crippen MR) is 116 cm³/mol. The average Bonchev–Trinajstić information content (AvgIpc) is 3.24. The molecule has 0 radical (unpaired) electrons. The zero-order valence-corrected chi connectivity index (χ0v) is 18.8. The van der Waals surface area contributed by atoms with Gasteiger partial charge in [0.05, 0.1) is 12.1 Å². The predicted octanol–water partition coefficient (Wildman–Crippen LogP) is 6.07. The molecular formula is C25H26F3NO5. The van der Waals surface area contributed by atoms with Gasteiger partial charge in [0.15, 0.2) is 0 Å². The normalized spacial score (nSPS) is 23.3. The molecule has 0 aliphatic heterocycles. The van der Waals surface area contributed by atoms with Crippen molar-refractivity contribution in [2.75, 3.05) is 6.61 Å². The molecule has 4 atom stereocenters. The lowest BCUT2D eigenvalue weighted by molar-refractivity contribution is -0.307. The Bertz CT molecular complexity index is 1070. The quantitative estimate of drug-likeness (QED) is 0.472. The number of carboxylic acid groups (broad SMARTS) is 1. The van der Waals surface area contributed by atoms with E-state index in [-0.39, 0.29) is 37.0 Å². The number of rotatable bonds is 9. The number of benzene rings is 1. The van der Waals surface area contributed by atoms with Gasteiger partial charge in [-0.1, -0.05) is 37.2 Å². The van der Waals surface area contributed by atoms with Crippen LogP contribution in [0.25, 0.3) is 0 Å². The Morgan fingerprint density at radius 2 is 1.94 bits per heavy atom. The lowest BCUT2D eigenvalue weighted by atomic mass is 9.87. The van der Waals surface area contributed by atoms with E-state index in [2.05, 4.69) is 9.89 Å². The highest BCUT2D eigenvalue weighted by molar-refractivity contribution is 5.68. The number of hydrogen-bond donors (Lipinski definition) is 1. The van der Waals surface area contributed by atoms with Crippen molar-refractivity contribution >= 4 is 5.97 Å². The van der Waals surface area contributed by atoms with Crippen LogP contribution >= 0.6 is 0 Å². The summed E-state index contributed by atoms with van der Waals surface area (Å²) in [7, 11) is 0. The standard InChI is InChI=1S/C25H26F3NO5/c1-14-10-23(34-25(26,27)28)21(19-9-15(19)2)11-17(14)13-32-18-5-3-16(4-6-18)20(12-24(30)31)22-7-8-33-29-22/h3-8,11,14-15,19-20H,9-10,12-13H2,1-2H3,(H,30,31). The molecule has 1 heterocycles. The first-order chi connectivity index (χ1) is 16.1. The van der Waals surface area contributed by atoms with Gasteiger partial charge < -0.3 is 19.1 Å². The van der Waals surface area contributed by atoms with Crippen molar-refractivity contribution in [3.05, 3.63) is 70.8 Å². The summed E-state index contributed by atoms with van der Waals surface area (Å²) < 4.78 is 53.8. The second-order valence-electron chi connectivity index (χ2n) is 9.00. The first-order valence-corrected chi connectivity index (χ1v) is 11.1. The van der Waals surface area contributed by atoms with Crippen LogP contribution in [0.3, 0.4) is 0 Å². The van der Waals surface area contributed by atoms with E-state index in [1.165, 1.54) is 6.26 Å². The molecule has 182 valence electrons. The van der Waals surface area contributed by atoms with Crippen LogP contribution < -0.4 is 4.74 Å². The number of halogens is 3. The smallest absolute Gasteiger partial charge is 0.489 e. The first-order valence-electron chi connectivity index (χ1n) is 11.1. The summed E-state index contributed by atoms with van der Waals surface area (Å²) in [5, 5.41) is 13.1. The number of allylic oxidation sites excluding steroid dienone is 3. The number of carbonyl (C=O) groups is 1. The molecule has 2 aliphatic rings. The molecule has 1 aromatic carbocycles. The Morgan fingerprint density at radius 1 is 1.24 bits per heavy atom. The van der Waals surface area contributed by atoms with Gasteiger partial charge in [0, 0.05) is 18.4 Å². The number of ether oxygens (including phenoxy) is 2. The topological polar surface area (TPSA) is 81.8 Å². The largest absolute Gasteiger partial charge is 0.572 e. The molecule has 1 fully saturated rings. The van der Waals surface area contributed by atoms with Gasteiger partial charge in [0.2, 0.25) is 0 Å². The van der Waals surface area contributed by atoms with Crippen molar-refractivity contribution in [3.63, 3.8) is 0 Å². The number of hydrogen-bond acceptors (Lipinski definition) is 5. The second kappa shape index (κ2) is 9.56. The average molecular weight is 477 g/mol. The fourth-order valence-electron chi connectivity index (χ4n) is 4.38. The van der Waals surface area contributed by atoms with Crippen LogP contribution in [0.1, 0.15) is 50.3 Å². The summed E-state index contributed by atoms with van der Waals surface area (Å²) in [5.74, 6) is -0.539. The van der Waals surface area contributed by atoms with Gasteiger partial charge in [-0.25, -0.2) is 0 Å². The van der Waals surface area contributed by atoms with Gasteiger partial charge in [0.1, 0.15) is 24.4 Å². The zero-order chi connectivity index (χ0) is 24.5. The minimum Gasteiger partial charge on any atom is -0.489 e. The number of aromatic nitrogens is 1. The van der Waals surface area contributed by atoms with Crippen LogP contribution in [0.15, 0.2) is 64.1 Å². The lowest BCUT2D eigenvalue weighted by Gasteiger charge is -2.26. The summed E-state index contributed by atoms with van der Waals surface area (Å²) >= 11 is 0. The maximum absolute atomic E-state index is 12.9. The van der Waals surface area contributed by atoms with Crippen LogP contribution in [0.5, 0.6) is 5.75 Å². The first kappa shape index (κ1) is 23.9. The summed E-state index contributed by atoms with van der Waals surface area (Å²) in [6.07, 6.45) is -0.590. The van der Waals surface area contributed by atoms with Crippen LogP contribution in [0.4, 0.5) is 13.2 Å². The molecule has 0 saturated heterocycles. The van der Waals surface area contributed by atoms with E-state index in [4.69, 9.17) is 9.26 Å². The molecule has 2 aliphatic carbocycles. The third kappa shape index (κ3) is 5.81. The molecule has 6 nitrogen and oxygen atoms in total. The number of carboxylic acids is 1. The van der Waals surface area contributed by atoms with Crippen molar-refractivity contribution in [2.24, 2.45) is 17.8 Å². The Labute approximate surface area is 195 Å². The van der Waals surface area contributed by atoms with E-state index in [1.54, 1.807) is 30.3 Å². The molecule has 9 heteroatoms. The van der Waals surface area contributed by atoms with Crippen molar-refractivity contribution in [2.45, 2.75) is 45.4 Å². The molecule has 1 saturated carbocycles. The maximum atomic E-state index is 12.9. The molecule has 4 unspecified atom stereocenters. The lowest BCUT2D eigenvalue weighted by Crippen LogP contribution is -2.21. The van der Waals surface area contributed by atoms with Crippen molar-refractivity contribution < 1.29 is 37.1 Å². The van der Waals surface area contributed by atoms with E-state index in [1.807, 2.05) is 19.9 Å². The SMILES string of the molecule is CC1CC(OC(F)(F)F)=C(C2CC2C)C=C1COc1ccc(C(CC(=O)O)c2ccon2)cc1. The van der Waals surface area contributed by atoms with Crippen LogP contribution in [0, 0.1) is 17.8 Å². The fourth-order valence-corrected chi connectivity index (χ4v) is 4.38. The molecule has 0 spiro atoms. The Balaban J connectivity index is 1.47. The molecule has 2 aromatic rings. The van der Waals surface area contributed by atoms with Gasteiger partial charge in [-0.05, 0) is 53.0 Å². The summed E-state index contributed by atoms with van der Waals surface area (Å²) in [6, 6.07) is 8.69. The molecule has 1 aromatic heterocycles. The van der Waals surface area contributed by atoms with Crippen molar-refractivity contribution in [1.29, 1.82) is 0 Å². The summed E-state index contributed by atoms with van der Waals surface area (Å²) in [4.78, 5) is 11.3. The van der Waals surface area contributed by atoms with Gasteiger partial charge in [0.25, 0.3) is 0 Å². The highest BCUT2D eigenvalue weighted by Crippen LogP contribution is 2.49. The monoisotopic (exact) mass is 477 g/mol. The van der Waals surface area contributed by atoms with E-state index in [0.29, 0.717) is 22.9 Å². The highest BCUT2D eigenvalue weighted by atomic mass is 19.4. The van der Waals surface area contributed by atoms with E-state index in [0.717, 1.165) is 17.6 Å². The summed E-state index contributed by atoms with van der Waals surface area (Å²) in [5.41, 5.74) is 2.83. The number of alkyl halides is 3. The Kier molecular flexibility index (Phi) is 6.72. The van der Waals surface area contributed by atoms with Crippen molar-refractivity contribution in [3.8, 4) is 5.75 Å². The van der Waals surface area contributed by atoms with Crippen molar-refractivity contribution in [1.82, 2.24) is 5.16 Å². The molecule has 0 bridgehead atoms. The Hall–Kier alpha value is -3.23. The van der Waals surface area contributed by atoms with Gasteiger partial charge in [-0.15, -0.1) is 13.2 Å². The number of nitrogens with zero attached hydrogens (tertiary/aromatic N) is 1. The van der Waals surface area contributed by atoms with Gasteiger partial charge in [-0.3, -0.25) is 4.79 Å². The molecule has 1 N–H and O–H groups in total. The van der Waals surface area contributed by atoms with Crippen LogP contribution in [-0.4, -0.2) is 29.2 Å². The molecular weight excluding hydrogens is 451 g/mol. The van der Waals surface area contributed by atoms with Gasteiger partial charge in [-0.2, -0.15) is 0 Å². The number of aliphatic carboxylic acids is 1. The zero-order valence-electron chi connectivity index (χ0n) is 18.8. The van der Waals surface area contributed by atoms with E-state index >= 15 is 0 Å². The van der Waals surface area contributed by atoms with E-state index < -0.39 is 18.2 Å².